The van der Waals surface area contributed by atoms with Gasteiger partial charge < -0.3 is 14.8 Å². The number of H-pyrrole nitrogens is 1. The lowest BCUT2D eigenvalue weighted by Crippen LogP contribution is -2.12. The highest BCUT2D eigenvalue weighted by Crippen LogP contribution is 2.28. The number of methoxy groups -OCH3 is 1. The second kappa shape index (κ2) is 6.78. The number of carbonyl (C=O) groups excluding carboxylic acids is 1. The molecule has 1 aromatic carbocycles. The number of carbonyl (C=O) groups is 1. The van der Waals surface area contributed by atoms with Crippen LogP contribution in [0, 0.1) is 0 Å². The van der Waals surface area contributed by atoms with Crippen LogP contribution in [0.15, 0.2) is 24.3 Å². The fourth-order valence-corrected chi connectivity index (χ4v) is 1.88. The lowest BCUT2D eigenvalue weighted by molar-refractivity contribution is 0.102. The van der Waals surface area contributed by atoms with Crippen LogP contribution in [-0.4, -0.2) is 29.8 Å². The zero-order chi connectivity index (χ0) is 15.2. The van der Waals surface area contributed by atoms with Crippen LogP contribution >= 0.6 is 0 Å². The molecule has 21 heavy (non-hydrogen) atoms. The van der Waals surface area contributed by atoms with Crippen molar-refractivity contribution in [1.82, 2.24) is 10.2 Å². The minimum Gasteiger partial charge on any atom is -0.493 e. The number of benzene rings is 1. The number of hydrogen-bond acceptors (Lipinski definition) is 4. The van der Waals surface area contributed by atoms with Crippen LogP contribution in [0.1, 0.15) is 29.9 Å². The number of nitrogens with zero attached hydrogens (tertiary/aromatic N) is 1. The molecule has 0 aliphatic carbocycles. The van der Waals surface area contributed by atoms with Gasteiger partial charge in [0.1, 0.15) is 0 Å². The summed E-state index contributed by atoms with van der Waals surface area (Å²) in [6, 6.07) is 6.86. The zero-order valence-corrected chi connectivity index (χ0v) is 12.4. The molecule has 2 aromatic rings. The van der Waals surface area contributed by atoms with Gasteiger partial charge in [0, 0.05) is 17.3 Å². The van der Waals surface area contributed by atoms with E-state index in [4.69, 9.17) is 9.47 Å². The summed E-state index contributed by atoms with van der Waals surface area (Å²) in [5.74, 6) is 1.41. The predicted octanol–water partition coefficient (Wildman–Crippen LogP) is 2.63. The Morgan fingerprint density at radius 2 is 2.10 bits per heavy atom. The molecule has 112 valence electrons. The SMILES string of the molecule is CCOc1cc(C(=O)Nc2cc(CC)[nH]n2)ccc1OC. The summed E-state index contributed by atoms with van der Waals surface area (Å²) < 4.78 is 10.7. The highest BCUT2D eigenvalue weighted by molar-refractivity contribution is 6.04. The lowest BCUT2D eigenvalue weighted by atomic mass is 10.2. The van der Waals surface area contributed by atoms with E-state index in [2.05, 4.69) is 15.5 Å². The summed E-state index contributed by atoms with van der Waals surface area (Å²) >= 11 is 0. The number of rotatable bonds is 6. The maximum absolute atomic E-state index is 12.2. The average Bonchev–Trinajstić information content (AvgIpc) is 2.95. The molecule has 6 nitrogen and oxygen atoms in total. The summed E-state index contributed by atoms with van der Waals surface area (Å²) in [5, 5.41) is 9.63. The standard InChI is InChI=1S/C15H19N3O3/c1-4-11-9-14(18-17-11)16-15(19)10-6-7-12(20-3)13(8-10)21-5-2/h6-9H,4-5H2,1-3H3,(H2,16,17,18,19). The van der Waals surface area contributed by atoms with Gasteiger partial charge >= 0.3 is 0 Å². The summed E-state index contributed by atoms with van der Waals surface area (Å²) in [4.78, 5) is 12.2. The molecule has 0 fully saturated rings. The summed E-state index contributed by atoms with van der Waals surface area (Å²) in [6.07, 6.45) is 0.833. The molecule has 0 bridgehead atoms. The fourth-order valence-electron chi connectivity index (χ4n) is 1.88. The highest BCUT2D eigenvalue weighted by Gasteiger charge is 2.12. The van der Waals surface area contributed by atoms with Crippen LogP contribution in [0.3, 0.4) is 0 Å². The Morgan fingerprint density at radius 1 is 1.29 bits per heavy atom. The number of amides is 1. The Labute approximate surface area is 123 Å². The van der Waals surface area contributed by atoms with E-state index >= 15 is 0 Å². The number of ether oxygens (including phenoxy) is 2. The molecule has 0 unspecified atom stereocenters. The highest BCUT2D eigenvalue weighted by atomic mass is 16.5. The second-order valence-electron chi connectivity index (χ2n) is 4.38. The molecule has 0 aliphatic heterocycles. The number of aromatic amines is 1. The summed E-state index contributed by atoms with van der Waals surface area (Å²) in [7, 11) is 1.56. The molecular weight excluding hydrogens is 270 g/mol. The van der Waals surface area contributed by atoms with Gasteiger partial charge in [0.05, 0.1) is 13.7 Å². The third-order valence-corrected chi connectivity index (χ3v) is 2.98. The van der Waals surface area contributed by atoms with Crippen molar-refractivity contribution in [2.24, 2.45) is 0 Å². The molecule has 1 aromatic heterocycles. The summed E-state index contributed by atoms with van der Waals surface area (Å²) in [6.45, 7) is 4.39. The predicted molar refractivity (Wildman–Crippen MR) is 80.1 cm³/mol. The van der Waals surface area contributed by atoms with Crippen molar-refractivity contribution >= 4 is 11.7 Å². The average molecular weight is 289 g/mol. The molecule has 6 heteroatoms. The molecule has 1 heterocycles. The molecule has 2 N–H and O–H groups in total. The lowest BCUT2D eigenvalue weighted by Gasteiger charge is -2.10. The van der Waals surface area contributed by atoms with Crippen LogP contribution in [0.5, 0.6) is 11.5 Å². The largest absolute Gasteiger partial charge is 0.493 e. The fraction of sp³-hybridized carbons (Fsp3) is 0.333. The number of nitrogens with one attached hydrogen (secondary N) is 2. The van der Waals surface area contributed by atoms with E-state index in [9.17, 15) is 4.79 Å². The molecular formula is C15H19N3O3. The Morgan fingerprint density at radius 3 is 2.71 bits per heavy atom. The van der Waals surface area contributed by atoms with Crippen molar-refractivity contribution in [3.63, 3.8) is 0 Å². The molecule has 0 saturated carbocycles. The number of hydrogen-bond donors (Lipinski definition) is 2. The van der Waals surface area contributed by atoms with Gasteiger partial charge in [-0.3, -0.25) is 9.89 Å². The van der Waals surface area contributed by atoms with Gasteiger partial charge in [-0.25, -0.2) is 0 Å². The van der Waals surface area contributed by atoms with Crippen LogP contribution in [-0.2, 0) is 6.42 Å². The van der Waals surface area contributed by atoms with Crippen molar-refractivity contribution in [3.8, 4) is 11.5 Å². The van der Waals surface area contributed by atoms with Gasteiger partial charge in [-0.05, 0) is 31.5 Å². The van der Waals surface area contributed by atoms with Crippen LogP contribution in [0.4, 0.5) is 5.82 Å². The van der Waals surface area contributed by atoms with Gasteiger partial charge in [0.2, 0.25) is 0 Å². The van der Waals surface area contributed by atoms with Crippen molar-refractivity contribution in [3.05, 3.63) is 35.5 Å². The number of aromatic nitrogens is 2. The minimum absolute atomic E-state index is 0.243. The van der Waals surface area contributed by atoms with Gasteiger partial charge in [0.25, 0.3) is 5.91 Å². The molecule has 0 spiro atoms. The van der Waals surface area contributed by atoms with Gasteiger partial charge in [-0.2, -0.15) is 5.10 Å². The zero-order valence-electron chi connectivity index (χ0n) is 12.4. The van der Waals surface area contributed by atoms with E-state index in [-0.39, 0.29) is 5.91 Å². The van der Waals surface area contributed by atoms with Crippen LogP contribution in [0.2, 0.25) is 0 Å². The Kier molecular flexibility index (Phi) is 4.81. The second-order valence-corrected chi connectivity index (χ2v) is 4.38. The third-order valence-electron chi connectivity index (χ3n) is 2.98. The molecule has 1 amide bonds. The van der Waals surface area contributed by atoms with Crippen molar-refractivity contribution in [2.75, 3.05) is 19.0 Å². The molecule has 2 rings (SSSR count). The Bertz CT molecular complexity index is 622. The maximum Gasteiger partial charge on any atom is 0.257 e. The van der Waals surface area contributed by atoms with E-state index in [0.29, 0.717) is 29.5 Å². The van der Waals surface area contributed by atoms with Crippen molar-refractivity contribution < 1.29 is 14.3 Å². The molecule has 0 saturated heterocycles. The van der Waals surface area contributed by atoms with Gasteiger partial charge in [-0.15, -0.1) is 0 Å². The van der Waals surface area contributed by atoms with Crippen LogP contribution in [0.25, 0.3) is 0 Å². The first-order chi connectivity index (χ1) is 10.2. The normalized spacial score (nSPS) is 10.2. The van der Waals surface area contributed by atoms with E-state index < -0.39 is 0 Å². The summed E-state index contributed by atoms with van der Waals surface area (Å²) in [5.41, 5.74) is 1.45. The van der Waals surface area contributed by atoms with Crippen molar-refractivity contribution in [1.29, 1.82) is 0 Å². The monoisotopic (exact) mass is 289 g/mol. The topological polar surface area (TPSA) is 76.2 Å². The van der Waals surface area contributed by atoms with Crippen molar-refractivity contribution in [2.45, 2.75) is 20.3 Å². The minimum atomic E-state index is -0.243. The number of aryl methyl sites for hydroxylation is 1. The smallest absolute Gasteiger partial charge is 0.257 e. The molecule has 0 radical (unpaired) electrons. The van der Waals surface area contributed by atoms with Crippen LogP contribution < -0.4 is 14.8 Å². The van der Waals surface area contributed by atoms with Gasteiger partial charge in [-0.1, -0.05) is 6.92 Å². The first kappa shape index (κ1) is 14.9. The molecule has 0 aliphatic rings. The maximum atomic E-state index is 12.2. The number of anilines is 1. The van der Waals surface area contributed by atoms with E-state index in [1.807, 2.05) is 19.9 Å². The third kappa shape index (κ3) is 3.53. The Balaban J connectivity index is 2.16. The first-order valence-electron chi connectivity index (χ1n) is 6.84. The van der Waals surface area contributed by atoms with Gasteiger partial charge in [0.15, 0.2) is 17.3 Å². The quantitative estimate of drug-likeness (QED) is 0.857. The van der Waals surface area contributed by atoms with E-state index in [1.54, 1.807) is 25.3 Å². The first-order valence-corrected chi connectivity index (χ1v) is 6.84. The van der Waals surface area contributed by atoms with E-state index in [0.717, 1.165) is 12.1 Å². The Hall–Kier alpha value is -2.50. The van der Waals surface area contributed by atoms with E-state index in [1.165, 1.54) is 0 Å². The molecule has 0 atom stereocenters.